The Kier molecular flexibility index (Phi) is 3.25. The lowest BCUT2D eigenvalue weighted by Gasteiger charge is -2.07. The molecule has 2 heteroatoms. The predicted molar refractivity (Wildman–Crippen MR) is 62.2 cm³/mol. The Hall–Kier alpha value is -1.47. The first-order valence-electron chi connectivity index (χ1n) is 4.77. The molecule has 0 aliphatic carbocycles. The summed E-state index contributed by atoms with van der Waals surface area (Å²) < 4.78 is 5.59. The number of hydrogen-bond donors (Lipinski definition) is 0. The molecule has 0 bridgehead atoms. The summed E-state index contributed by atoms with van der Waals surface area (Å²) in [5, 5.41) is 0.647. The molecule has 2 rings (SSSR count). The Morgan fingerprint density at radius 3 is 2.27 bits per heavy atom. The largest absolute Gasteiger partial charge is 0.487 e. The highest BCUT2D eigenvalue weighted by atomic mass is 35.5. The summed E-state index contributed by atoms with van der Waals surface area (Å²) in [4.78, 5) is 0. The van der Waals surface area contributed by atoms with Gasteiger partial charge in [0, 0.05) is 0 Å². The molecule has 0 aliphatic rings. The third-order valence-corrected chi connectivity index (χ3v) is 2.39. The van der Waals surface area contributed by atoms with E-state index in [0.29, 0.717) is 11.6 Å². The normalized spacial score (nSPS) is 9.93. The first-order valence-corrected chi connectivity index (χ1v) is 5.15. The molecule has 76 valence electrons. The fourth-order valence-corrected chi connectivity index (χ4v) is 1.49. The lowest BCUT2D eigenvalue weighted by Crippen LogP contribution is -1.95. The molecule has 0 N–H and O–H groups in total. The van der Waals surface area contributed by atoms with Crippen LogP contribution in [-0.2, 0) is 6.61 Å². The maximum Gasteiger partial charge on any atom is 0.138 e. The van der Waals surface area contributed by atoms with E-state index in [1.807, 2.05) is 54.6 Å². The maximum absolute atomic E-state index is 5.97. The highest BCUT2D eigenvalue weighted by molar-refractivity contribution is 6.32. The third kappa shape index (κ3) is 2.74. The van der Waals surface area contributed by atoms with Crippen LogP contribution < -0.4 is 4.74 Å². The number of benzene rings is 2. The van der Waals surface area contributed by atoms with Crippen molar-refractivity contribution >= 4 is 11.6 Å². The van der Waals surface area contributed by atoms with E-state index in [0.717, 1.165) is 11.3 Å². The van der Waals surface area contributed by atoms with Crippen molar-refractivity contribution in [1.29, 1.82) is 0 Å². The van der Waals surface area contributed by atoms with Crippen LogP contribution >= 0.6 is 11.6 Å². The monoisotopic (exact) mass is 218 g/mol. The van der Waals surface area contributed by atoms with Gasteiger partial charge in [-0.1, -0.05) is 54.1 Å². The van der Waals surface area contributed by atoms with E-state index < -0.39 is 0 Å². The summed E-state index contributed by atoms with van der Waals surface area (Å²) >= 11 is 5.97. The van der Waals surface area contributed by atoms with Crippen molar-refractivity contribution in [2.24, 2.45) is 0 Å². The summed E-state index contributed by atoms with van der Waals surface area (Å²) in [6, 6.07) is 17.5. The van der Waals surface area contributed by atoms with Crippen molar-refractivity contribution < 1.29 is 4.74 Å². The van der Waals surface area contributed by atoms with Gasteiger partial charge in [-0.05, 0) is 17.7 Å². The van der Waals surface area contributed by atoms with Gasteiger partial charge in [-0.15, -0.1) is 0 Å². The van der Waals surface area contributed by atoms with Gasteiger partial charge in [0.15, 0.2) is 0 Å². The Balaban J connectivity index is 2.03. The maximum atomic E-state index is 5.97. The molecule has 0 saturated carbocycles. The van der Waals surface area contributed by atoms with Crippen LogP contribution in [0.3, 0.4) is 0 Å². The highest BCUT2D eigenvalue weighted by Gasteiger charge is 1.99. The zero-order valence-electron chi connectivity index (χ0n) is 8.19. The van der Waals surface area contributed by atoms with Gasteiger partial charge in [0.25, 0.3) is 0 Å². The molecular formula is C13H11ClO. The lowest BCUT2D eigenvalue weighted by atomic mass is 10.2. The molecule has 2 aromatic rings. The molecule has 0 amide bonds. The van der Waals surface area contributed by atoms with Crippen molar-refractivity contribution in [2.45, 2.75) is 6.61 Å². The quantitative estimate of drug-likeness (QED) is 0.759. The van der Waals surface area contributed by atoms with E-state index in [9.17, 15) is 0 Å². The topological polar surface area (TPSA) is 9.23 Å². The van der Waals surface area contributed by atoms with Crippen LogP contribution in [0, 0.1) is 0 Å². The molecule has 0 fully saturated rings. The molecular weight excluding hydrogens is 208 g/mol. The summed E-state index contributed by atoms with van der Waals surface area (Å²) in [6.45, 7) is 0.546. The van der Waals surface area contributed by atoms with Crippen LogP contribution in [-0.4, -0.2) is 0 Å². The fraction of sp³-hybridized carbons (Fsp3) is 0.0769. The van der Waals surface area contributed by atoms with Gasteiger partial charge < -0.3 is 4.74 Å². The minimum Gasteiger partial charge on any atom is -0.487 e. The molecule has 0 saturated heterocycles. The summed E-state index contributed by atoms with van der Waals surface area (Å²) in [5.41, 5.74) is 1.14. The number of para-hydroxylation sites is 1. The second kappa shape index (κ2) is 4.85. The van der Waals surface area contributed by atoms with Crippen molar-refractivity contribution in [2.75, 3.05) is 0 Å². The van der Waals surface area contributed by atoms with Gasteiger partial charge in [-0.25, -0.2) is 0 Å². The Morgan fingerprint density at radius 1 is 0.867 bits per heavy atom. The Morgan fingerprint density at radius 2 is 1.53 bits per heavy atom. The van der Waals surface area contributed by atoms with Crippen LogP contribution in [0.5, 0.6) is 5.75 Å². The molecule has 0 radical (unpaired) electrons. The molecule has 15 heavy (non-hydrogen) atoms. The molecule has 0 aliphatic heterocycles. The summed E-state index contributed by atoms with van der Waals surface area (Å²) in [6.07, 6.45) is 0. The molecule has 1 nitrogen and oxygen atoms in total. The molecule has 0 aromatic heterocycles. The van der Waals surface area contributed by atoms with Crippen LogP contribution in [0.1, 0.15) is 5.56 Å². The lowest BCUT2D eigenvalue weighted by molar-refractivity contribution is 0.306. The summed E-state index contributed by atoms with van der Waals surface area (Å²) in [5.74, 6) is 0.725. The van der Waals surface area contributed by atoms with Crippen molar-refractivity contribution in [1.82, 2.24) is 0 Å². The number of halogens is 1. The number of ether oxygens (including phenoxy) is 1. The van der Waals surface area contributed by atoms with Crippen molar-refractivity contribution in [3.05, 3.63) is 65.2 Å². The minimum absolute atomic E-state index is 0.546. The van der Waals surface area contributed by atoms with Gasteiger partial charge in [-0.2, -0.15) is 0 Å². The minimum atomic E-state index is 0.546. The highest BCUT2D eigenvalue weighted by Crippen LogP contribution is 2.23. The van der Waals surface area contributed by atoms with E-state index in [1.54, 1.807) is 0 Å². The summed E-state index contributed by atoms with van der Waals surface area (Å²) in [7, 11) is 0. The SMILES string of the molecule is Clc1ccccc1OCc1ccccc1. The van der Waals surface area contributed by atoms with E-state index in [1.165, 1.54) is 0 Å². The first kappa shape index (κ1) is 10.1. The molecule has 0 heterocycles. The van der Waals surface area contributed by atoms with Gasteiger partial charge >= 0.3 is 0 Å². The molecule has 2 aromatic carbocycles. The molecule has 0 atom stereocenters. The van der Waals surface area contributed by atoms with E-state index in [2.05, 4.69) is 0 Å². The Labute approximate surface area is 94.3 Å². The van der Waals surface area contributed by atoms with Gasteiger partial charge in [0.05, 0.1) is 5.02 Å². The van der Waals surface area contributed by atoms with Gasteiger partial charge in [0.2, 0.25) is 0 Å². The second-order valence-corrected chi connectivity index (χ2v) is 3.61. The molecule has 0 spiro atoms. The third-order valence-electron chi connectivity index (χ3n) is 2.07. The second-order valence-electron chi connectivity index (χ2n) is 3.20. The predicted octanol–water partition coefficient (Wildman–Crippen LogP) is 3.92. The van der Waals surface area contributed by atoms with E-state index in [4.69, 9.17) is 16.3 Å². The van der Waals surface area contributed by atoms with Crippen LogP contribution in [0.2, 0.25) is 5.02 Å². The fourth-order valence-electron chi connectivity index (χ4n) is 1.30. The van der Waals surface area contributed by atoms with Crippen LogP contribution in [0.25, 0.3) is 0 Å². The number of hydrogen-bond acceptors (Lipinski definition) is 1. The van der Waals surface area contributed by atoms with Gasteiger partial charge in [0.1, 0.15) is 12.4 Å². The standard InChI is InChI=1S/C13H11ClO/c14-12-8-4-5-9-13(12)15-10-11-6-2-1-3-7-11/h1-9H,10H2. The average Bonchev–Trinajstić information content (AvgIpc) is 2.29. The Bertz CT molecular complexity index is 426. The smallest absolute Gasteiger partial charge is 0.138 e. The van der Waals surface area contributed by atoms with Crippen molar-refractivity contribution in [3.63, 3.8) is 0 Å². The van der Waals surface area contributed by atoms with Crippen LogP contribution in [0.15, 0.2) is 54.6 Å². The van der Waals surface area contributed by atoms with E-state index in [-0.39, 0.29) is 0 Å². The first-order chi connectivity index (χ1) is 7.36. The zero-order chi connectivity index (χ0) is 10.5. The zero-order valence-corrected chi connectivity index (χ0v) is 8.95. The number of rotatable bonds is 3. The van der Waals surface area contributed by atoms with Crippen molar-refractivity contribution in [3.8, 4) is 5.75 Å². The molecule has 0 unspecified atom stereocenters. The van der Waals surface area contributed by atoms with E-state index >= 15 is 0 Å². The van der Waals surface area contributed by atoms with Crippen LogP contribution in [0.4, 0.5) is 0 Å². The van der Waals surface area contributed by atoms with Gasteiger partial charge in [-0.3, -0.25) is 0 Å². The average molecular weight is 219 g/mol.